The Morgan fingerprint density at radius 1 is 1.23 bits per heavy atom. The largest absolute Gasteiger partial charge is 0.480 e. The minimum Gasteiger partial charge on any atom is -0.480 e. The summed E-state index contributed by atoms with van der Waals surface area (Å²) in [4.78, 5) is 21.5. The van der Waals surface area contributed by atoms with Crippen molar-refractivity contribution in [3.63, 3.8) is 0 Å². The highest BCUT2D eigenvalue weighted by atomic mass is 32.1. The standard InChI is InChI=1S/C9H8O3S/c10-8(11)7(9(12)13)6-4-2-1-3-5-6/h1-5,7H,(H,10,11)(H,12,13). The van der Waals surface area contributed by atoms with E-state index in [1.165, 1.54) is 0 Å². The smallest absolute Gasteiger partial charge is 0.319 e. The minimum atomic E-state index is -1.17. The van der Waals surface area contributed by atoms with Crippen molar-refractivity contribution in [2.24, 2.45) is 0 Å². The Kier molecular flexibility index (Phi) is 3.08. The molecule has 3 nitrogen and oxygen atoms in total. The molecule has 0 saturated carbocycles. The molecule has 13 heavy (non-hydrogen) atoms. The highest BCUT2D eigenvalue weighted by Gasteiger charge is 2.24. The molecule has 0 aromatic heterocycles. The Labute approximate surface area is 80.8 Å². The molecule has 0 spiro atoms. The van der Waals surface area contributed by atoms with Gasteiger partial charge in [-0.05, 0) is 5.56 Å². The zero-order valence-electron chi connectivity index (χ0n) is 6.68. The van der Waals surface area contributed by atoms with Gasteiger partial charge in [0.15, 0.2) is 5.92 Å². The first-order chi connectivity index (χ1) is 6.13. The fourth-order valence-electron chi connectivity index (χ4n) is 1.04. The van der Waals surface area contributed by atoms with Crippen LogP contribution < -0.4 is 0 Å². The Hall–Kier alpha value is -1.29. The molecule has 0 amide bonds. The molecule has 0 saturated heterocycles. The van der Waals surface area contributed by atoms with Gasteiger partial charge in [-0.1, -0.05) is 30.3 Å². The quantitative estimate of drug-likeness (QED) is 0.566. The summed E-state index contributed by atoms with van der Waals surface area (Å²) in [5.41, 5.74) is 0.454. The summed E-state index contributed by atoms with van der Waals surface area (Å²) in [6.07, 6.45) is 0. The van der Waals surface area contributed by atoms with E-state index in [0.29, 0.717) is 5.56 Å². The lowest BCUT2D eigenvalue weighted by atomic mass is 10.0. The van der Waals surface area contributed by atoms with Gasteiger partial charge in [0.05, 0.1) is 0 Å². The number of hydrogen-bond donors (Lipinski definition) is 2. The van der Waals surface area contributed by atoms with Gasteiger partial charge in [0.2, 0.25) is 5.12 Å². The topological polar surface area (TPSA) is 54.4 Å². The van der Waals surface area contributed by atoms with Gasteiger partial charge < -0.3 is 5.11 Å². The number of carboxylic acid groups (broad SMARTS) is 1. The lowest BCUT2D eigenvalue weighted by Crippen LogP contribution is -2.17. The molecule has 0 heterocycles. The van der Waals surface area contributed by atoms with Crippen LogP contribution in [0.25, 0.3) is 0 Å². The second kappa shape index (κ2) is 4.09. The van der Waals surface area contributed by atoms with Gasteiger partial charge in [-0.2, -0.15) is 0 Å². The van der Waals surface area contributed by atoms with E-state index in [2.05, 4.69) is 12.6 Å². The van der Waals surface area contributed by atoms with Crippen molar-refractivity contribution in [2.75, 3.05) is 0 Å². The van der Waals surface area contributed by atoms with Crippen molar-refractivity contribution < 1.29 is 14.7 Å². The SMILES string of the molecule is O=C(O)C(C(=O)S)c1ccccc1. The third-order valence-electron chi connectivity index (χ3n) is 1.63. The Morgan fingerprint density at radius 3 is 2.15 bits per heavy atom. The Balaban J connectivity index is 3.03. The van der Waals surface area contributed by atoms with E-state index in [1.807, 2.05) is 0 Å². The van der Waals surface area contributed by atoms with Gasteiger partial charge in [-0.25, -0.2) is 0 Å². The number of rotatable bonds is 3. The van der Waals surface area contributed by atoms with Gasteiger partial charge in [-0.15, -0.1) is 12.6 Å². The van der Waals surface area contributed by atoms with E-state index >= 15 is 0 Å². The van der Waals surface area contributed by atoms with Gasteiger partial charge in [0.25, 0.3) is 0 Å². The maximum Gasteiger partial charge on any atom is 0.319 e. The van der Waals surface area contributed by atoms with Crippen LogP contribution in [-0.2, 0) is 9.59 Å². The molecule has 1 rings (SSSR count). The first-order valence-electron chi connectivity index (χ1n) is 3.63. The highest BCUT2D eigenvalue weighted by Crippen LogP contribution is 2.18. The van der Waals surface area contributed by atoms with E-state index in [0.717, 1.165) is 0 Å². The summed E-state index contributed by atoms with van der Waals surface area (Å²) < 4.78 is 0. The van der Waals surface area contributed by atoms with Crippen LogP contribution in [0.5, 0.6) is 0 Å². The number of thiol groups is 1. The number of carbonyl (C=O) groups is 2. The molecule has 4 heteroatoms. The van der Waals surface area contributed by atoms with Crippen LogP contribution in [-0.4, -0.2) is 16.2 Å². The van der Waals surface area contributed by atoms with E-state index < -0.39 is 17.0 Å². The molecule has 0 radical (unpaired) electrons. The van der Waals surface area contributed by atoms with Crippen LogP contribution in [0, 0.1) is 0 Å². The lowest BCUT2D eigenvalue weighted by molar-refractivity contribution is -0.140. The lowest BCUT2D eigenvalue weighted by Gasteiger charge is -2.06. The van der Waals surface area contributed by atoms with E-state index in [-0.39, 0.29) is 0 Å². The second-order valence-electron chi connectivity index (χ2n) is 2.52. The average Bonchev–Trinajstić information content (AvgIpc) is 2.04. The summed E-state index contributed by atoms with van der Waals surface area (Å²) in [6.45, 7) is 0. The molecule has 0 fully saturated rings. The van der Waals surface area contributed by atoms with Crippen molar-refractivity contribution in [3.8, 4) is 0 Å². The summed E-state index contributed by atoms with van der Waals surface area (Å²) in [5.74, 6) is -2.34. The zero-order valence-corrected chi connectivity index (χ0v) is 7.57. The van der Waals surface area contributed by atoms with Crippen LogP contribution >= 0.6 is 12.6 Å². The van der Waals surface area contributed by atoms with Crippen molar-refractivity contribution in [1.29, 1.82) is 0 Å². The maximum atomic E-state index is 10.9. The van der Waals surface area contributed by atoms with E-state index in [9.17, 15) is 9.59 Å². The normalized spacial score (nSPS) is 12.1. The number of benzene rings is 1. The zero-order chi connectivity index (χ0) is 9.84. The van der Waals surface area contributed by atoms with E-state index in [1.54, 1.807) is 30.3 Å². The monoisotopic (exact) mass is 196 g/mol. The molecule has 1 N–H and O–H groups in total. The van der Waals surface area contributed by atoms with Crippen molar-refractivity contribution in [2.45, 2.75) is 5.92 Å². The summed E-state index contributed by atoms with van der Waals surface area (Å²) in [5, 5.41) is 8.07. The van der Waals surface area contributed by atoms with Crippen LogP contribution in [0.1, 0.15) is 11.5 Å². The Bertz CT molecular complexity index is 307. The minimum absolute atomic E-state index is 0.454. The summed E-state index contributed by atoms with van der Waals surface area (Å²) in [6, 6.07) is 8.30. The van der Waals surface area contributed by atoms with Crippen molar-refractivity contribution in [1.82, 2.24) is 0 Å². The Morgan fingerprint density at radius 2 is 1.77 bits per heavy atom. The molecular weight excluding hydrogens is 188 g/mol. The van der Waals surface area contributed by atoms with Crippen molar-refractivity contribution >= 4 is 23.7 Å². The third kappa shape index (κ3) is 2.32. The predicted molar refractivity (Wildman–Crippen MR) is 50.8 cm³/mol. The maximum absolute atomic E-state index is 10.9. The molecule has 1 atom stereocenters. The molecule has 1 unspecified atom stereocenters. The van der Waals surface area contributed by atoms with Crippen molar-refractivity contribution in [3.05, 3.63) is 35.9 Å². The molecule has 0 aliphatic rings. The van der Waals surface area contributed by atoms with Crippen LogP contribution in [0.3, 0.4) is 0 Å². The van der Waals surface area contributed by atoms with Gasteiger partial charge in [0, 0.05) is 0 Å². The number of carbonyl (C=O) groups excluding carboxylic acids is 1. The molecule has 0 aliphatic heterocycles. The number of carboxylic acids is 1. The molecular formula is C9H8O3S. The first-order valence-corrected chi connectivity index (χ1v) is 4.08. The van der Waals surface area contributed by atoms with Gasteiger partial charge in [0.1, 0.15) is 0 Å². The fraction of sp³-hybridized carbons (Fsp3) is 0.111. The molecule has 1 aromatic rings. The number of aliphatic carboxylic acids is 1. The second-order valence-corrected chi connectivity index (χ2v) is 2.96. The predicted octanol–water partition coefficient (Wildman–Crippen LogP) is 1.31. The van der Waals surface area contributed by atoms with Crippen LogP contribution in [0.15, 0.2) is 30.3 Å². The van der Waals surface area contributed by atoms with Crippen LogP contribution in [0.4, 0.5) is 0 Å². The number of hydrogen-bond acceptors (Lipinski definition) is 2. The van der Waals surface area contributed by atoms with Gasteiger partial charge >= 0.3 is 5.97 Å². The van der Waals surface area contributed by atoms with Crippen LogP contribution in [0.2, 0.25) is 0 Å². The first kappa shape index (κ1) is 9.80. The molecule has 1 aromatic carbocycles. The molecule has 0 bridgehead atoms. The summed E-state index contributed by atoms with van der Waals surface area (Å²) in [7, 11) is 0. The highest BCUT2D eigenvalue weighted by molar-refractivity contribution is 7.96. The fourth-order valence-corrected chi connectivity index (χ4v) is 1.30. The molecule has 68 valence electrons. The van der Waals surface area contributed by atoms with E-state index in [4.69, 9.17) is 5.11 Å². The average molecular weight is 196 g/mol. The summed E-state index contributed by atoms with van der Waals surface area (Å²) >= 11 is 3.52. The van der Waals surface area contributed by atoms with Gasteiger partial charge in [-0.3, -0.25) is 9.59 Å². The molecule has 0 aliphatic carbocycles. The third-order valence-corrected chi connectivity index (χ3v) is 1.89.